The summed E-state index contributed by atoms with van der Waals surface area (Å²) in [6, 6.07) is 33.7. The van der Waals surface area contributed by atoms with Gasteiger partial charge in [-0.25, -0.2) is 39.9 Å². The fourth-order valence-electron chi connectivity index (χ4n) is 18.4. The van der Waals surface area contributed by atoms with E-state index in [1.54, 1.807) is 131 Å². The lowest BCUT2D eigenvalue weighted by Gasteiger charge is -2.39. The van der Waals surface area contributed by atoms with Gasteiger partial charge in [-0.3, -0.25) is 33.1 Å². The lowest BCUT2D eigenvalue weighted by Crippen LogP contribution is -2.43. The van der Waals surface area contributed by atoms with Crippen LogP contribution in [0.4, 0.5) is 23.8 Å². The van der Waals surface area contributed by atoms with E-state index in [9.17, 15) is 14.4 Å². The highest BCUT2D eigenvalue weighted by atomic mass is 16.5. The molecule has 40 heteroatoms. The number of ether oxygens (including phenoxy) is 1. The number of aromatic nitrogens is 24. The Balaban J connectivity index is 0.000000118. The highest BCUT2D eigenvalue weighted by molar-refractivity contribution is 5.80. The Labute approximate surface area is 799 Å². The lowest BCUT2D eigenvalue weighted by molar-refractivity contribution is -0.135. The minimum absolute atomic E-state index is 0.0104. The molecule has 1 saturated heterocycles. The Kier molecular flexibility index (Phi) is 26.2. The van der Waals surface area contributed by atoms with E-state index < -0.39 is 6.04 Å². The second-order valence-corrected chi connectivity index (χ2v) is 37.1. The zero-order chi connectivity index (χ0) is 96.1. The molecular weight excluding hydrogens is 1770 g/mol. The molecule has 6 aliphatic rings. The average molecular weight is 1870 g/mol. The van der Waals surface area contributed by atoms with Crippen molar-refractivity contribution >= 4 is 41.5 Å². The van der Waals surface area contributed by atoms with Crippen molar-refractivity contribution in [3.05, 3.63) is 242 Å². The van der Waals surface area contributed by atoms with E-state index >= 15 is 0 Å². The molecule has 0 spiro atoms. The fourth-order valence-corrected chi connectivity index (χ4v) is 18.4. The molecule has 1 aliphatic heterocycles. The van der Waals surface area contributed by atoms with Gasteiger partial charge in [0.2, 0.25) is 41.5 Å². The van der Waals surface area contributed by atoms with Crippen LogP contribution in [0.15, 0.2) is 214 Å². The summed E-state index contributed by atoms with van der Waals surface area (Å²) in [7, 11) is 9.38. The van der Waals surface area contributed by atoms with Gasteiger partial charge in [-0.15, -0.1) is 0 Å². The van der Waals surface area contributed by atoms with Gasteiger partial charge in [0, 0.05) is 137 Å². The van der Waals surface area contributed by atoms with Crippen molar-refractivity contribution in [1.82, 2.24) is 140 Å². The molecule has 16 aromatic rings. The summed E-state index contributed by atoms with van der Waals surface area (Å²) in [5.74, 6) is 5.42. The quantitative estimate of drug-likeness (QED) is 0.0319. The summed E-state index contributed by atoms with van der Waals surface area (Å²) >= 11 is 0. The highest BCUT2D eigenvalue weighted by Crippen LogP contribution is 2.53. The number of carbonyl (C=O) groups excluding carboxylic acids is 3. The van der Waals surface area contributed by atoms with Gasteiger partial charge >= 0.3 is 0 Å². The van der Waals surface area contributed by atoms with Gasteiger partial charge in [-0.05, 0) is 150 Å². The molecule has 40 nitrogen and oxygen atoms in total. The molecule has 13 heterocycles. The van der Waals surface area contributed by atoms with E-state index in [0.29, 0.717) is 70.4 Å². The summed E-state index contributed by atoms with van der Waals surface area (Å²) in [6.45, 7) is 6.51. The fraction of sp³-hybridized carbons (Fsp3) is 0.364. The van der Waals surface area contributed by atoms with Crippen LogP contribution >= 0.6 is 0 Å². The number of hydrogen-bond acceptors (Lipinski definition) is 33. The van der Waals surface area contributed by atoms with Crippen LogP contribution in [0.25, 0.3) is 90.3 Å². The van der Waals surface area contributed by atoms with E-state index in [2.05, 4.69) is 209 Å². The maximum absolute atomic E-state index is 12.8. The molecule has 3 amide bonds. The van der Waals surface area contributed by atoms with Crippen LogP contribution in [-0.2, 0) is 53.9 Å². The van der Waals surface area contributed by atoms with E-state index in [-0.39, 0.29) is 88.3 Å². The molecule has 139 heavy (non-hydrogen) atoms. The number of nitrogens with two attached hydrogens (primary N) is 4. The first-order chi connectivity index (χ1) is 67.4. The first-order valence-electron chi connectivity index (χ1n) is 46.7. The number of amides is 3. The maximum Gasteiger partial charge on any atom is 0.261 e. The Bertz CT molecular complexity index is 6900. The molecule has 6 fully saturated rings. The van der Waals surface area contributed by atoms with E-state index in [1.165, 1.54) is 5.56 Å². The topological polar surface area (TPSA) is 516 Å². The highest BCUT2D eigenvalue weighted by Gasteiger charge is 2.49. The lowest BCUT2D eigenvalue weighted by atomic mass is 9.64. The second kappa shape index (κ2) is 39.4. The summed E-state index contributed by atoms with van der Waals surface area (Å²) in [6.07, 6.45) is 44.0. The van der Waals surface area contributed by atoms with Crippen molar-refractivity contribution in [2.24, 2.45) is 0 Å². The number of rotatable bonds is 27. The molecule has 5 saturated carbocycles. The number of nitrogens with zero attached hydrogens (tertiary/aromatic N) is 27. The monoisotopic (exact) mass is 1870 g/mol. The number of nitrogens with one attached hydrogen (secondary N) is 1. The van der Waals surface area contributed by atoms with Crippen LogP contribution in [0.3, 0.4) is 0 Å². The van der Waals surface area contributed by atoms with Gasteiger partial charge in [0.1, 0.15) is 19.1 Å². The largest absolute Gasteiger partial charge is 0.379 e. The molecule has 22 rings (SSSR count). The van der Waals surface area contributed by atoms with Crippen molar-refractivity contribution in [1.29, 1.82) is 0 Å². The maximum atomic E-state index is 12.8. The van der Waals surface area contributed by atoms with Crippen LogP contribution in [0.2, 0.25) is 0 Å². The van der Waals surface area contributed by atoms with Gasteiger partial charge in [0.25, 0.3) is 23.6 Å². The minimum Gasteiger partial charge on any atom is -0.379 e. The van der Waals surface area contributed by atoms with Gasteiger partial charge in [-0.1, -0.05) is 143 Å². The Morgan fingerprint density at radius 2 is 0.719 bits per heavy atom. The van der Waals surface area contributed by atoms with Crippen molar-refractivity contribution in [3.63, 3.8) is 0 Å². The summed E-state index contributed by atoms with van der Waals surface area (Å²) < 4.78 is 34.8. The van der Waals surface area contributed by atoms with E-state index in [0.717, 1.165) is 188 Å². The first-order valence-corrected chi connectivity index (χ1v) is 46.7. The number of anilines is 4. The standard InChI is InChI=1S/C27H30N8O3.C24H24N8O2.C24H26N8O2.C24H28N8O/c1-34(22-4-2-11-37-17-22)23(36)16-35-15-20(14-31-35)24-32-25(33-38-24)27(9-3-10-27)21-7-5-18(6-8-21)19-12-29-26(28)30-13-19;25-23-26-10-16(11-27-23)15-2-4-18(5-3-15)24(8-1-9-24)22-30-21(34-31-22)17-12-28-32(13-17)14-20(33)29-19-6-7-19;1-15(21(33)31(2)3)32-14-18(13-28-32)20-29-22(30-34-20)24(9-4-10-24)19-7-5-16(6-8-19)17-11-26-23(25)27-12-17;1-16(14-31(2)3)32-15-19(13-28-32)21-29-22(30-33-21)24(9-4-10-24)20-7-5-17(6-8-20)18-11-26-23(25)27-12-18/h5-8,12-15,22H,2-4,9-11,16-17H2,1H3,(H2,28,29,30);2-5,10-13,19H,1,6-9,14H2,(H,29,33)(H2,25,26,27);5-8,11-15H,4,9-10H2,1-3H3,(H2,25,26,27);5-8,11-13,15-16H,4,9-10,14H2,1-3H3,(H2,25,26,27). The number of likely N-dealkylation sites (N-methyl/N-ethyl adjacent to an activating group) is 3. The van der Waals surface area contributed by atoms with Crippen molar-refractivity contribution in [2.75, 3.05) is 77.9 Å². The molecule has 12 aromatic heterocycles. The molecule has 3 atom stereocenters. The predicted molar refractivity (Wildman–Crippen MR) is 513 cm³/mol. The van der Waals surface area contributed by atoms with Crippen LogP contribution in [-0.4, -0.2) is 219 Å². The predicted octanol–water partition coefficient (Wildman–Crippen LogP) is 12.5. The van der Waals surface area contributed by atoms with Crippen LogP contribution < -0.4 is 28.3 Å². The van der Waals surface area contributed by atoms with Crippen LogP contribution in [0.1, 0.15) is 174 Å². The van der Waals surface area contributed by atoms with Crippen LogP contribution in [0.5, 0.6) is 0 Å². The summed E-state index contributed by atoms with van der Waals surface area (Å²) in [4.78, 5) is 94.2. The zero-order valence-electron chi connectivity index (χ0n) is 78.3. The van der Waals surface area contributed by atoms with Crippen molar-refractivity contribution in [2.45, 2.75) is 175 Å². The van der Waals surface area contributed by atoms with E-state index in [1.807, 2.05) is 24.9 Å². The smallest absolute Gasteiger partial charge is 0.261 e. The molecule has 712 valence electrons. The Hall–Kier alpha value is -15.9. The molecule has 0 bridgehead atoms. The number of benzene rings is 4. The molecule has 9 N–H and O–H groups in total. The van der Waals surface area contributed by atoms with Gasteiger partial charge in [-0.2, -0.15) is 40.3 Å². The zero-order valence-corrected chi connectivity index (χ0v) is 78.3. The molecule has 0 radical (unpaired) electrons. The molecule has 5 aliphatic carbocycles. The van der Waals surface area contributed by atoms with Gasteiger partial charge in [0.05, 0.1) is 87.4 Å². The van der Waals surface area contributed by atoms with Crippen LogP contribution in [0, 0.1) is 0 Å². The normalized spacial score (nSPS) is 16.8. The Morgan fingerprint density at radius 3 is 1.03 bits per heavy atom. The summed E-state index contributed by atoms with van der Waals surface area (Å²) in [5.41, 5.74) is 36.7. The number of nitrogen functional groups attached to an aromatic ring is 4. The first kappa shape index (κ1) is 92.2. The number of hydrogen-bond donors (Lipinski definition) is 5. The summed E-state index contributed by atoms with van der Waals surface area (Å²) in [5, 5.41) is 37.9. The third-order valence-electron chi connectivity index (χ3n) is 27.4. The SMILES string of the molecule is CC(C(=O)N(C)C)n1cc(-c2nc(C3(c4ccc(-c5cnc(N)nc5)cc4)CCC3)no2)cn1.CC(CN(C)C)n1cc(-c2nc(C3(c4ccc(-c5cnc(N)nc5)cc4)CCC3)no2)cn1.CN(C(=O)Cn1cc(-c2nc(C3(c4ccc(-c5cnc(N)nc5)cc4)CCC3)no2)cn1)C1CCCOC1.Nc1ncc(-c2ccc(C3(c4noc(-c5cnn(CC(=O)NC6CC6)c5)n4)CCC3)cc2)cn1. The molecule has 4 aromatic carbocycles. The second-order valence-electron chi connectivity index (χ2n) is 37.1. The third kappa shape index (κ3) is 19.7. The number of carbonyl (C=O) groups is 3. The van der Waals surface area contributed by atoms with Gasteiger partial charge in [0.15, 0.2) is 23.3 Å². The molecular formula is C99H108N32O8. The minimum atomic E-state index is -0.422. The third-order valence-corrected chi connectivity index (χ3v) is 27.4. The van der Waals surface area contributed by atoms with Crippen molar-refractivity contribution in [3.8, 4) is 90.3 Å². The Morgan fingerprint density at radius 1 is 0.396 bits per heavy atom. The van der Waals surface area contributed by atoms with Crippen molar-refractivity contribution < 1.29 is 37.2 Å². The van der Waals surface area contributed by atoms with Gasteiger partial charge < -0.3 is 65.8 Å². The molecule has 3 unspecified atom stereocenters. The van der Waals surface area contributed by atoms with E-state index in [4.69, 9.17) is 65.7 Å². The average Bonchev–Trinajstić information content (AvgIpc) is 1.68.